The van der Waals surface area contributed by atoms with Crippen LogP contribution < -0.4 is 10.6 Å². The van der Waals surface area contributed by atoms with Gasteiger partial charge in [-0.3, -0.25) is 9.59 Å². The zero-order valence-electron chi connectivity index (χ0n) is 17.9. The molecule has 34 heavy (non-hydrogen) atoms. The highest BCUT2D eigenvalue weighted by atomic mass is 16.2. The Morgan fingerprint density at radius 3 is 1.12 bits per heavy atom. The number of nitrogens with zero attached hydrogens (tertiary/aromatic N) is 2. The molecule has 0 radical (unpaired) electrons. The third kappa shape index (κ3) is 5.16. The molecule has 0 aromatic heterocycles. The predicted molar refractivity (Wildman–Crippen MR) is 130 cm³/mol. The molecule has 0 unspecified atom stereocenters. The number of benzene rings is 4. The molecular weight excluding hydrogens is 424 g/mol. The van der Waals surface area contributed by atoms with Gasteiger partial charge in [-0.25, -0.2) is 0 Å². The summed E-state index contributed by atoms with van der Waals surface area (Å²) >= 11 is 0. The van der Waals surface area contributed by atoms with Crippen LogP contribution in [-0.2, 0) is 0 Å². The smallest absolute Gasteiger partial charge is 0.255 e. The van der Waals surface area contributed by atoms with E-state index in [0.717, 1.165) is 11.1 Å². The molecule has 2 N–H and O–H groups in total. The van der Waals surface area contributed by atoms with Gasteiger partial charge in [-0.1, -0.05) is 24.3 Å². The Kier molecular flexibility index (Phi) is 6.44. The number of carbonyl (C=O) groups is 2. The number of nitriles is 2. The second-order valence-electron chi connectivity index (χ2n) is 7.44. The number of amides is 2. The molecule has 6 nitrogen and oxygen atoms in total. The highest BCUT2D eigenvalue weighted by Gasteiger charge is 2.09. The summed E-state index contributed by atoms with van der Waals surface area (Å²) in [6.07, 6.45) is 0. The largest absolute Gasteiger partial charge is 0.322 e. The summed E-state index contributed by atoms with van der Waals surface area (Å²) in [5.74, 6) is -0.489. The van der Waals surface area contributed by atoms with E-state index in [1.807, 2.05) is 36.4 Å². The molecule has 0 aliphatic rings. The van der Waals surface area contributed by atoms with E-state index >= 15 is 0 Å². The molecule has 0 bridgehead atoms. The SMILES string of the molecule is N#Cc1ccc(NC(=O)c2ccc(-c3ccc(C(=O)Nc4ccc(C#N)cc4)cc3)cc2)cc1. The average molecular weight is 442 g/mol. The molecule has 4 aromatic rings. The molecule has 0 fully saturated rings. The van der Waals surface area contributed by atoms with Crippen molar-refractivity contribution in [3.05, 3.63) is 119 Å². The zero-order valence-corrected chi connectivity index (χ0v) is 17.9. The Hall–Kier alpha value is -5.20. The summed E-state index contributed by atoms with van der Waals surface area (Å²) in [6, 6.07) is 31.7. The van der Waals surface area contributed by atoms with Gasteiger partial charge in [0.05, 0.1) is 23.3 Å². The number of rotatable bonds is 5. The van der Waals surface area contributed by atoms with E-state index in [1.54, 1.807) is 72.8 Å². The maximum atomic E-state index is 12.5. The number of hydrogen-bond donors (Lipinski definition) is 2. The molecule has 0 atom stereocenters. The first-order chi connectivity index (χ1) is 16.6. The minimum absolute atomic E-state index is 0.244. The van der Waals surface area contributed by atoms with Crippen LogP contribution >= 0.6 is 0 Å². The molecule has 0 saturated carbocycles. The van der Waals surface area contributed by atoms with Gasteiger partial charge in [-0.2, -0.15) is 10.5 Å². The van der Waals surface area contributed by atoms with E-state index in [2.05, 4.69) is 10.6 Å². The highest BCUT2D eigenvalue weighted by molar-refractivity contribution is 6.05. The van der Waals surface area contributed by atoms with Gasteiger partial charge in [-0.15, -0.1) is 0 Å². The second kappa shape index (κ2) is 9.95. The van der Waals surface area contributed by atoms with Crippen molar-refractivity contribution in [2.45, 2.75) is 0 Å². The normalized spacial score (nSPS) is 9.94. The summed E-state index contributed by atoms with van der Waals surface area (Å²) in [7, 11) is 0. The summed E-state index contributed by atoms with van der Waals surface area (Å²) in [5, 5.41) is 23.3. The van der Waals surface area contributed by atoms with Crippen molar-refractivity contribution in [3.63, 3.8) is 0 Å². The van der Waals surface area contributed by atoms with Gasteiger partial charge in [-0.05, 0) is 83.9 Å². The van der Waals surface area contributed by atoms with Crippen molar-refractivity contribution in [1.29, 1.82) is 10.5 Å². The first-order valence-corrected chi connectivity index (χ1v) is 10.4. The standard InChI is InChI=1S/C28H18N4O2/c29-17-19-1-13-25(14-2-19)31-27(33)23-9-5-21(6-10-23)22-7-11-24(12-8-22)28(34)32-26-15-3-20(18-30)4-16-26/h1-16H,(H,31,33)(H,32,34). The molecular formula is C28H18N4O2. The minimum Gasteiger partial charge on any atom is -0.322 e. The van der Waals surface area contributed by atoms with Gasteiger partial charge in [0.25, 0.3) is 11.8 Å². The van der Waals surface area contributed by atoms with Crippen molar-refractivity contribution in [3.8, 4) is 23.3 Å². The minimum atomic E-state index is -0.244. The van der Waals surface area contributed by atoms with Gasteiger partial charge in [0.1, 0.15) is 0 Å². The molecule has 4 aromatic carbocycles. The number of anilines is 2. The maximum absolute atomic E-state index is 12.5. The van der Waals surface area contributed by atoms with E-state index in [4.69, 9.17) is 10.5 Å². The lowest BCUT2D eigenvalue weighted by atomic mass is 10.0. The van der Waals surface area contributed by atoms with Crippen LogP contribution in [0.4, 0.5) is 11.4 Å². The molecule has 162 valence electrons. The fourth-order valence-electron chi connectivity index (χ4n) is 3.29. The fraction of sp³-hybridized carbons (Fsp3) is 0. The van der Waals surface area contributed by atoms with E-state index in [0.29, 0.717) is 33.6 Å². The molecule has 0 saturated heterocycles. The molecule has 6 heteroatoms. The van der Waals surface area contributed by atoms with Crippen LogP contribution in [-0.4, -0.2) is 11.8 Å². The lowest BCUT2D eigenvalue weighted by molar-refractivity contribution is 0.101. The van der Waals surface area contributed by atoms with Crippen LogP contribution in [0.3, 0.4) is 0 Å². The van der Waals surface area contributed by atoms with Crippen molar-refractivity contribution in [2.75, 3.05) is 10.6 Å². The highest BCUT2D eigenvalue weighted by Crippen LogP contribution is 2.22. The predicted octanol–water partition coefficient (Wildman–Crippen LogP) is 5.60. The molecule has 4 rings (SSSR count). The lowest BCUT2D eigenvalue weighted by Gasteiger charge is -2.08. The fourth-order valence-corrected chi connectivity index (χ4v) is 3.29. The van der Waals surface area contributed by atoms with Crippen LogP contribution in [0.1, 0.15) is 31.8 Å². The molecule has 0 aliphatic heterocycles. The van der Waals surface area contributed by atoms with E-state index in [-0.39, 0.29) is 11.8 Å². The molecule has 2 amide bonds. The quantitative estimate of drug-likeness (QED) is 0.419. The van der Waals surface area contributed by atoms with Crippen LogP contribution in [0, 0.1) is 22.7 Å². The zero-order chi connectivity index (χ0) is 23.9. The molecule has 0 spiro atoms. The third-order valence-corrected chi connectivity index (χ3v) is 5.17. The van der Waals surface area contributed by atoms with Crippen LogP contribution in [0.2, 0.25) is 0 Å². The Balaban J connectivity index is 1.40. The first-order valence-electron chi connectivity index (χ1n) is 10.4. The van der Waals surface area contributed by atoms with Gasteiger partial charge < -0.3 is 10.6 Å². The summed E-state index contributed by atoms with van der Waals surface area (Å²) in [4.78, 5) is 25.0. The Morgan fingerprint density at radius 1 is 0.500 bits per heavy atom. The Bertz CT molecular complexity index is 1300. The molecule has 0 aliphatic carbocycles. The number of nitrogens with one attached hydrogen (secondary N) is 2. The van der Waals surface area contributed by atoms with Crippen molar-refractivity contribution in [1.82, 2.24) is 0 Å². The van der Waals surface area contributed by atoms with Crippen LogP contribution in [0.25, 0.3) is 11.1 Å². The average Bonchev–Trinajstić information content (AvgIpc) is 2.89. The summed E-state index contributed by atoms with van der Waals surface area (Å²) in [5.41, 5.74) is 5.12. The van der Waals surface area contributed by atoms with Crippen molar-refractivity contribution >= 4 is 23.2 Å². The van der Waals surface area contributed by atoms with Crippen LogP contribution in [0.15, 0.2) is 97.1 Å². The summed E-state index contributed by atoms with van der Waals surface area (Å²) < 4.78 is 0. The maximum Gasteiger partial charge on any atom is 0.255 e. The summed E-state index contributed by atoms with van der Waals surface area (Å²) in [6.45, 7) is 0. The van der Waals surface area contributed by atoms with E-state index in [9.17, 15) is 9.59 Å². The monoisotopic (exact) mass is 442 g/mol. The van der Waals surface area contributed by atoms with E-state index in [1.165, 1.54) is 0 Å². The Labute approximate surface area is 196 Å². The third-order valence-electron chi connectivity index (χ3n) is 5.17. The first kappa shape index (κ1) is 22.0. The second-order valence-corrected chi connectivity index (χ2v) is 7.44. The molecule has 0 heterocycles. The number of hydrogen-bond acceptors (Lipinski definition) is 4. The van der Waals surface area contributed by atoms with Crippen molar-refractivity contribution in [2.24, 2.45) is 0 Å². The Morgan fingerprint density at radius 2 is 0.824 bits per heavy atom. The van der Waals surface area contributed by atoms with Crippen LogP contribution in [0.5, 0.6) is 0 Å². The van der Waals surface area contributed by atoms with Gasteiger partial charge in [0.2, 0.25) is 0 Å². The van der Waals surface area contributed by atoms with Gasteiger partial charge in [0.15, 0.2) is 0 Å². The topological polar surface area (TPSA) is 106 Å². The lowest BCUT2D eigenvalue weighted by Crippen LogP contribution is -2.12. The van der Waals surface area contributed by atoms with Crippen molar-refractivity contribution < 1.29 is 9.59 Å². The van der Waals surface area contributed by atoms with E-state index < -0.39 is 0 Å². The van der Waals surface area contributed by atoms with Gasteiger partial charge in [0, 0.05) is 22.5 Å². The van der Waals surface area contributed by atoms with Gasteiger partial charge >= 0.3 is 0 Å². The number of carbonyl (C=O) groups excluding carboxylic acids is 2.